The van der Waals surface area contributed by atoms with Gasteiger partial charge in [0.05, 0.1) is 5.69 Å². The molecule has 1 fully saturated rings. The van der Waals surface area contributed by atoms with Crippen LogP contribution in [0.3, 0.4) is 0 Å². The number of nitriles is 1. The van der Waals surface area contributed by atoms with Gasteiger partial charge in [-0.05, 0) is 45.1 Å². The normalized spacial score (nSPS) is 16.9. The monoisotopic (exact) mass is 245 g/mol. The summed E-state index contributed by atoms with van der Waals surface area (Å²) in [6, 6.07) is 2.18. The minimum absolute atomic E-state index is 0.191. The van der Waals surface area contributed by atoms with Crippen LogP contribution in [0.25, 0.3) is 0 Å². The zero-order valence-electron chi connectivity index (χ0n) is 11.1. The molecule has 2 rings (SSSR count). The van der Waals surface area contributed by atoms with E-state index in [0.717, 1.165) is 24.1 Å². The first-order chi connectivity index (χ1) is 8.72. The van der Waals surface area contributed by atoms with Crippen LogP contribution in [0, 0.1) is 25.2 Å². The maximum absolute atomic E-state index is 9.21. The molecule has 1 aliphatic carbocycles. The molecule has 0 atom stereocenters. The van der Waals surface area contributed by atoms with Crippen molar-refractivity contribution in [3.8, 4) is 11.9 Å². The Morgan fingerprint density at radius 1 is 1.11 bits per heavy atom. The Morgan fingerprint density at radius 3 is 2.39 bits per heavy atom. The Kier molecular flexibility index (Phi) is 4.14. The third-order valence-corrected chi connectivity index (χ3v) is 3.61. The highest BCUT2D eigenvalue weighted by Crippen LogP contribution is 2.25. The zero-order valence-corrected chi connectivity index (χ0v) is 11.1. The first-order valence-electron chi connectivity index (χ1n) is 6.63. The summed E-state index contributed by atoms with van der Waals surface area (Å²) in [6.07, 6.45) is 7.26. The standard InChI is InChI=1S/C14H19N3O/c1-10-11(2)16-17-14(13(10)9-15)18-12-7-5-3-4-6-8-12/h12H,3-8H2,1-2H3. The predicted octanol–water partition coefficient (Wildman–Crippen LogP) is 3.07. The van der Waals surface area contributed by atoms with Crippen LogP contribution in [0.2, 0.25) is 0 Å². The van der Waals surface area contributed by atoms with Gasteiger partial charge in [-0.2, -0.15) is 10.4 Å². The number of hydrogen-bond donors (Lipinski definition) is 0. The molecule has 0 saturated heterocycles. The fourth-order valence-corrected chi connectivity index (χ4v) is 2.32. The summed E-state index contributed by atoms with van der Waals surface area (Å²) in [6.45, 7) is 3.75. The number of nitrogens with zero attached hydrogens (tertiary/aromatic N) is 3. The Bertz CT molecular complexity index is 457. The molecule has 0 aromatic carbocycles. The second-order valence-corrected chi connectivity index (χ2v) is 4.93. The Hall–Kier alpha value is -1.63. The minimum Gasteiger partial charge on any atom is -0.472 e. The summed E-state index contributed by atoms with van der Waals surface area (Å²) in [5, 5.41) is 17.3. The van der Waals surface area contributed by atoms with Gasteiger partial charge in [0.15, 0.2) is 0 Å². The fraction of sp³-hybridized carbons (Fsp3) is 0.643. The fourth-order valence-electron chi connectivity index (χ4n) is 2.32. The van der Waals surface area contributed by atoms with Crippen LogP contribution < -0.4 is 4.74 Å². The topological polar surface area (TPSA) is 58.8 Å². The van der Waals surface area contributed by atoms with Gasteiger partial charge in [-0.15, -0.1) is 5.10 Å². The second-order valence-electron chi connectivity index (χ2n) is 4.93. The van der Waals surface area contributed by atoms with Gasteiger partial charge in [0.25, 0.3) is 5.88 Å². The van der Waals surface area contributed by atoms with Gasteiger partial charge in [-0.3, -0.25) is 0 Å². The summed E-state index contributed by atoms with van der Waals surface area (Å²) in [7, 11) is 0. The molecule has 0 bridgehead atoms. The van der Waals surface area contributed by atoms with E-state index in [4.69, 9.17) is 4.74 Å². The van der Waals surface area contributed by atoms with Gasteiger partial charge in [0.2, 0.25) is 0 Å². The SMILES string of the molecule is Cc1nnc(OC2CCCCCC2)c(C#N)c1C. The van der Waals surface area contributed by atoms with Gasteiger partial charge in [-0.25, -0.2) is 0 Å². The highest BCUT2D eigenvalue weighted by Gasteiger charge is 2.18. The maximum Gasteiger partial charge on any atom is 0.252 e. The van der Waals surface area contributed by atoms with E-state index >= 15 is 0 Å². The summed E-state index contributed by atoms with van der Waals surface area (Å²) < 4.78 is 5.90. The van der Waals surface area contributed by atoms with Gasteiger partial charge in [0.1, 0.15) is 17.7 Å². The highest BCUT2D eigenvalue weighted by molar-refractivity contribution is 5.44. The molecule has 1 aromatic rings. The van der Waals surface area contributed by atoms with E-state index in [1.54, 1.807) is 0 Å². The largest absolute Gasteiger partial charge is 0.472 e. The Morgan fingerprint density at radius 2 is 1.78 bits per heavy atom. The molecule has 18 heavy (non-hydrogen) atoms. The van der Waals surface area contributed by atoms with Crippen molar-refractivity contribution < 1.29 is 4.74 Å². The lowest BCUT2D eigenvalue weighted by Gasteiger charge is -2.17. The lowest BCUT2D eigenvalue weighted by Crippen LogP contribution is -2.17. The van der Waals surface area contributed by atoms with Gasteiger partial charge >= 0.3 is 0 Å². The van der Waals surface area contributed by atoms with E-state index in [1.807, 2.05) is 13.8 Å². The molecule has 4 nitrogen and oxygen atoms in total. The lowest BCUT2D eigenvalue weighted by atomic mass is 10.1. The van der Waals surface area contributed by atoms with Crippen molar-refractivity contribution >= 4 is 0 Å². The first-order valence-corrected chi connectivity index (χ1v) is 6.63. The first kappa shape index (κ1) is 12.8. The predicted molar refractivity (Wildman–Crippen MR) is 68.3 cm³/mol. The molecule has 1 aromatic heterocycles. The van der Waals surface area contributed by atoms with Gasteiger partial charge in [-0.1, -0.05) is 12.8 Å². The summed E-state index contributed by atoms with van der Waals surface area (Å²) in [5.74, 6) is 0.410. The third kappa shape index (κ3) is 2.79. The van der Waals surface area contributed by atoms with Gasteiger partial charge < -0.3 is 4.74 Å². The number of rotatable bonds is 2. The highest BCUT2D eigenvalue weighted by atomic mass is 16.5. The molecule has 96 valence electrons. The molecule has 4 heteroatoms. The van der Waals surface area contributed by atoms with E-state index in [2.05, 4.69) is 16.3 Å². The van der Waals surface area contributed by atoms with Crippen LogP contribution >= 0.6 is 0 Å². The van der Waals surface area contributed by atoms with Crippen LogP contribution in [0.5, 0.6) is 5.88 Å². The summed E-state index contributed by atoms with van der Waals surface area (Å²) in [5.41, 5.74) is 2.20. The minimum atomic E-state index is 0.191. The van der Waals surface area contributed by atoms with Crippen LogP contribution in [-0.4, -0.2) is 16.3 Å². The number of aryl methyl sites for hydroxylation is 1. The quantitative estimate of drug-likeness (QED) is 0.751. The molecule has 0 radical (unpaired) electrons. The Labute approximate surface area is 108 Å². The molecule has 0 unspecified atom stereocenters. The summed E-state index contributed by atoms with van der Waals surface area (Å²) in [4.78, 5) is 0. The van der Waals surface area contributed by atoms with E-state index in [-0.39, 0.29) is 6.10 Å². The van der Waals surface area contributed by atoms with Gasteiger partial charge in [0, 0.05) is 0 Å². The average molecular weight is 245 g/mol. The van der Waals surface area contributed by atoms with Crippen LogP contribution in [-0.2, 0) is 0 Å². The molecular formula is C14H19N3O. The van der Waals surface area contributed by atoms with E-state index < -0.39 is 0 Å². The second kappa shape index (κ2) is 5.81. The van der Waals surface area contributed by atoms with Crippen molar-refractivity contribution in [3.05, 3.63) is 16.8 Å². The molecule has 1 heterocycles. The van der Waals surface area contributed by atoms with E-state index in [9.17, 15) is 5.26 Å². The lowest BCUT2D eigenvalue weighted by molar-refractivity contribution is 0.173. The number of aromatic nitrogens is 2. The number of ether oxygens (including phenoxy) is 1. The van der Waals surface area contributed by atoms with Crippen LogP contribution in [0.15, 0.2) is 0 Å². The maximum atomic E-state index is 9.21. The average Bonchev–Trinajstić information content (AvgIpc) is 2.63. The van der Waals surface area contributed by atoms with Crippen molar-refractivity contribution in [2.24, 2.45) is 0 Å². The smallest absolute Gasteiger partial charge is 0.252 e. The molecule has 1 aliphatic rings. The van der Waals surface area contributed by atoms with E-state index in [1.165, 1.54) is 25.7 Å². The summed E-state index contributed by atoms with van der Waals surface area (Å²) >= 11 is 0. The number of hydrogen-bond acceptors (Lipinski definition) is 4. The molecule has 0 spiro atoms. The molecular weight excluding hydrogens is 226 g/mol. The van der Waals surface area contributed by atoms with Crippen molar-refractivity contribution in [1.82, 2.24) is 10.2 Å². The Balaban J connectivity index is 2.18. The van der Waals surface area contributed by atoms with Crippen molar-refractivity contribution in [2.45, 2.75) is 58.5 Å². The molecule has 0 aliphatic heterocycles. The van der Waals surface area contributed by atoms with Crippen molar-refractivity contribution in [2.75, 3.05) is 0 Å². The molecule has 0 amide bonds. The van der Waals surface area contributed by atoms with Crippen molar-refractivity contribution in [3.63, 3.8) is 0 Å². The van der Waals surface area contributed by atoms with E-state index in [0.29, 0.717) is 11.4 Å². The van der Waals surface area contributed by atoms with Crippen molar-refractivity contribution in [1.29, 1.82) is 5.26 Å². The van der Waals surface area contributed by atoms with Crippen LogP contribution in [0.4, 0.5) is 0 Å². The molecule has 1 saturated carbocycles. The third-order valence-electron chi connectivity index (χ3n) is 3.61. The zero-order chi connectivity index (χ0) is 13.0. The molecule has 0 N–H and O–H groups in total. The van der Waals surface area contributed by atoms with Crippen LogP contribution in [0.1, 0.15) is 55.3 Å².